The number of carbonyl (C=O) groups is 1. The monoisotopic (exact) mass is 335 g/mol. The van der Waals surface area contributed by atoms with Gasteiger partial charge in [0.25, 0.3) is 5.91 Å². The first-order valence-electron chi connectivity index (χ1n) is 7.56. The molecule has 124 valence electrons. The fourth-order valence-electron chi connectivity index (χ4n) is 1.82. The summed E-state index contributed by atoms with van der Waals surface area (Å²) in [6.07, 6.45) is 0. The van der Waals surface area contributed by atoms with E-state index in [1.54, 1.807) is 18.2 Å². The molecule has 0 saturated heterocycles. The molecule has 1 amide bonds. The molecule has 23 heavy (non-hydrogen) atoms. The first kappa shape index (κ1) is 17.4. The molecule has 0 fully saturated rings. The molecule has 0 aliphatic heterocycles. The summed E-state index contributed by atoms with van der Waals surface area (Å²) in [5.41, 5.74) is 0.463. The molecular formula is C16H21N3O3S. The highest BCUT2D eigenvalue weighted by Gasteiger charge is 2.15. The summed E-state index contributed by atoms with van der Waals surface area (Å²) in [6.45, 7) is 7.52. The Hall–Kier alpha value is -1.99. The Morgan fingerprint density at radius 1 is 1.26 bits per heavy atom. The fraction of sp³-hybridized carbons (Fsp3) is 0.438. The number of rotatable bonds is 8. The summed E-state index contributed by atoms with van der Waals surface area (Å²) in [6, 6.07) is 7.11. The van der Waals surface area contributed by atoms with E-state index in [2.05, 4.69) is 15.5 Å². The number of nitrogens with one attached hydrogen (secondary N) is 1. The SMILES string of the molecule is CCOCCOc1ccccc1C(=O)Nc1nnc(C(C)C)s1. The molecule has 2 aromatic rings. The van der Waals surface area contributed by atoms with Gasteiger partial charge in [-0.25, -0.2) is 0 Å². The predicted octanol–water partition coefficient (Wildman–Crippen LogP) is 3.33. The van der Waals surface area contributed by atoms with Crippen molar-refractivity contribution < 1.29 is 14.3 Å². The minimum Gasteiger partial charge on any atom is -0.490 e. The average molecular weight is 335 g/mol. The molecule has 2 rings (SSSR count). The topological polar surface area (TPSA) is 73.3 Å². The molecule has 0 bridgehead atoms. The molecule has 7 heteroatoms. The Labute approximate surface area is 139 Å². The van der Waals surface area contributed by atoms with Crippen molar-refractivity contribution in [3.63, 3.8) is 0 Å². The smallest absolute Gasteiger partial charge is 0.261 e. The van der Waals surface area contributed by atoms with E-state index in [9.17, 15) is 4.79 Å². The van der Waals surface area contributed by atoms with Gasteiger partial charge >= 0.3 is 0 Å². The normalized spacial score (nSPS) is 10.8. The fourth-order valence-corrected chi connectivity index (χ4v) is 2.56. The van der Waals surface area contributed by atoms with Crippen molar-refractivity contribution in [3.05, 3.63) is 34.8 Å². The quantitative estimate of drug-likeness (QED) is 0.749. The lowest BCUT2D eigenvalue weighted by atomic mass is 10.2. The van der Waals surface area contributed by atoms with Gasteiger partial charge in [0.2, 0.25) is 5.13 Å². The third kappa shape index (κ3) is 5.01. The van der Waals surface area contributed by atoms with Crippen LogP contribution in [0.3, 0.4) is 0 Å². The number of nitrogens with zero attached hydrogens (tertiary/aromatic N) is 2. The number of carbonyl (C=O) groups excluding carboxylic acids is 1. The van der Waals surface area contributed by atoms with Gasteiger partial charge in [-0.3, -0.25) is 10.1 Å². The molecule has 1 aromatic heterocycles. The molecule has 0 radical (unpaired) electrons. The van der Waals surface area contributed by atoms with Crippen LogP contribution in [0, 0.1) is 0 Å². The first-order valence-corrected chi connectivity index (χ1v) is 8.37. The van der Waals surface area contributed by atoms with Gasteiger partial charge in [0.15, 0.2) is 0 Å². The lowest BCUT2D eigenvalue weighted by molar-refractivity contribution is 0.0998. The second kappa shape index (κ2) is 8.59. The van der Waals surface area contributed by atoms with Crippen molar-refractivity contribution in [1.82, 2.24) is 10.2 Å². The van der Waals surface area contributed by atoms with Gasteiger partial charge < -0.3 is 9.47 Å². The molecule has 0 unspecified atom stereocenters. The summed E-state index contributed by atoms with van der Waals surface area (Å²) in [5, 5.41) is 12.2. The van der Waals surface area contributed by atoms with Crippen LogP contribution in [0.15, 0.2) is 24.3 Å². The molecule has 0 atom stereocenters. The number of hydrogen-bond donors (Lipinski definition) is 1. The van der Waals surface area contributed by atoms with Crippen molar-refractivity contribution >= 4 is 22.4 Å². The van der Waals surface area contributed by atoms with Crippen LogP contribution in [-0.2, 0) is 4.74 Å². The van der Waals surface area contributed by atoms with Crippen molar-refractivity contribution in [1.29, 1.82) is 0 Å². The zero-order chi connectivity index (χ0) is 16.7. The third-order valence-electron chi connectivity index (χ3n) is 2.98. The molecule has 6 nitrogen and oxygen atoms in total. The maximum Gasteiger partial charge on any atom is 0.261 e. The first-order chi connectivity index (χ1) is 11.1. The third-order valence-corrected chi connectivity index (χ3v) is 4.12. The highest BCUT2D eigenvalue weighted by molar-refractivity contribution is 7.15. The highest BCUT2D eigenvalue weighted by Crippen LogP contribution is 2.24. The second-order valence-electron chi connectivity index (χ2n) is 5.10. The number of amides is 1. The molecule has 1 N–H and O–H groups in total. The van der Waals surface area contributed by atoms with Gasteiger partial charge in [-0.15, -0.1) is 10.2 Å². The predicted molar refractivity (Wildman–Crippen MR) is 90.4 cm³/mol. The number of ether oxygens (including phenoxy) is 2. The van der Waals surface area contributed by atoms with Crippen LogP contribution in [-0.4, -0.2) is 35.9 Å². The lowest BCUT2D eigenvalue weighted by Crippen LogP contribution is -2.15. The number of aromatic nitrogens is 2. The number of benzene rings is 1. The van der Waals surface area contributed by atoms with Crippen LogP contribution >= 0.6 is 11.3 Å². The van der Waals surface area contributed by atoms with Crippen molar-refractivity contribution in [2.75, 3.05) is 25.1 Å². The summed E-state index contributed by atoms with van der Waals surface area (Å²) in [7, 11) is 0. The van der Waals surface area contributed by atoms with E-state index in [1.807, 2.05) is 26.8 Å². The Kier molecular flexibility index (Phi) is 6.49. The lowest BCUT2D eigenvalue weighted by Gasteiger charge is -2.10. The zero-order valence-corrected chi connectivity index (χ0v) is 14.4. The summed E-state index contributed by atoms with van der Waals surface area (Å²) >= 11 is 1.38. The van der Waals surface area contributed by atoms with Crippen molar-refractivity contribution in [2.24, 2.45) is 0 Å². The molecule has 0 aliphatic carbocycles. The van der Waals surface area contributed by atoms with Crippen LogP contribution in [0.25, 0.3) is 0 Å². The van der Waals surface area contributed by atoms with E-state index in [1.165, 1.54) is 11.3 Å². The molecule has 0 saturated carbocycles. The Balaban J connectivity index is 2.03. The van der Waals surface area contributed by atoms with Crippen molar-refractivity contribution in [2.45, 2.75) is 26.7 Å². The van der Waals surface area contributed by atoms with E-state index in [0.717, 1.165) is 5.01 Å². The average Bonchev–Trinajstić information content (AvgIpc) is 3.00. The van der Waals surface area contributed by atoms with Crippen LogP contribution in [0.4, 0.5) is 5.13 Å². The highest BCUT2D eigenvalue weighted by atomic mass is 32.1. The van der Waals surface area contributed by atoms with E-state index in [-0.39, 0.29) is 11.8 Å². The molecular weight excluding hydrogens is 314 g/mol. The van der Waals surface area contributed by atoms with Gasteiger partial charge in [-0.1, -0.05) is 37.3 Å². The maximum absolute atomic E-state index is 12.4. The molecule has 0 aliphatic rings. The Bertz CT molecular complexity index is 643. The van der Waals surface area contributed by atoms with Gasteiger partial charge in [0.1, 0.15) is 17.4 Å². The van der Waals surface area contributed by atoms with Gasteiger partial charge in [-0.2, -0.15) is 0 Å². The van der Waals surface area contributed by atoms with E-state index in [4.69, 9.17) is 9.47 Å². The minimum absolute atomic E-state index is 0.261. The second-order valence-corrected chi connectivity index (χ2v) is 6.10. The molecule has 1 aromatic carbocycles. The summed E-state index contributed by atoms with van der Waals surface area (Å²) in [5.74, 6) is 0.550. The zero-order valence-electron chi connectivity index (χ0n) is 13.5. The summed E-state index contributed by atoms with van der Waals surface area (Å²) in [4.78, 5) is 12.4. The van der Waals surface area contributed by atoms with E-state index < -0.39 is 0 Å². The molecule has 0 spiro atoms. The van der Waals surface area contributed by atoms with Gasteiger partial charge in [0.05, 0.1) is 12.2 Å². The number of anilines is 1. The minimum atomic E-state index is -0.261. The van der Waals surface area contributed by atoms with E-state index >= 15 is 0 Å². The van der Waals surface area contributed by atoms with Gasteiger partial charge in [0, 0.05) is 12.5 Å². The number of para-hydroxylation sites is 1. The van der Waals surface area contributed by atoms with Crippen LogP contribution in [0.2, 0.25) is 0 Å². The number of hydrogen-bond acceptors (Lipinski definition) is 6. The van der Waals surface area contributed by atoms with E-state index in [0.29, 0.717) is 36.3 Å². The standard InChI is InChI=1S/C16H21N3O3S/c1-4-21-9-10-22-13-8-6-5-7-12(13)14(20)17-16-19-18-15(23-16)11(2)3/h5-8,11H,4,9-10H2,1-3H3,(H,17,19,20). The van der Waals surface area contributed by atoms with Gasteiger partial charge in [-0.05, 0) is 19.1 Å². The van der Waals surface area contributed by atoms with Crippen LogP contribution in [0.5, 0.6) is 5.75 Å². The van der Waals surface area contributed by atoms with Crippen molar-refractivity contribution in [3.8, 4) is 5.75 Å². The van der Waals surface area contributed by atoms with Crippen LogP contribution < -0.4 is 10.1 Å². The van der Waals surface area contributed by atoms with Crippen LogP contribution in [0.1, 0.15) is 42.1 Å². The maximum atomic E-state index is 12.4. The molecule has 1 heterocycles. The Morgan fingerprint density at radius 3 is 2.74 bits per heavy atom. The summed E-state index contributed by atoms with van der Waals surface area (Å²) < 4.78 is 10.9. The largest absolute Gasteiger partial charge is 0.490 e. The Morgan fingerprint density at radius 2 is 2.04 bits per heavy atom.